The molecule has 2 atom stereocenters. The van der Waals surface area contributed by atoms with Gasteiger partial charge in [0.25, 0.3) is 0 Å². The van der Waals surface area contributed by atoms with Crippen molar-refractivity contribution in [2.45, 2.75) is 31.9 Å². The smallest absolute Gasteiger partial charge is 0.194 e. The summed E-state index contributed by atoms with van der Waals surface area (Å²) in [4.78, 5) is 9.66. The maximum absolute atomic E-state index is 5.94. The predicted octanol–water partition coefficient (Wildman–Crippen LogP) is 0.853. The number of aromatic nitrogens is 2. The molecule has 2 aliphatic heterocycles. The number of aliphatic imine (C=N–C) groups is 1. The summed E-state index contributed by atoms with van der Waals surface area (Å²) in [6.45, 7) is 7.48. The quantitative estimate of drug-likeness (QED) is 0.654. The van der Waals surface area contributed by atoms with Crippen molar-refractivity contribution in [2.75, 3.05) is 46.4 Å². The first-order valence-electron chi connectivity index (χ1n) is 9.01. The Morgan fingerprint density at radius 3 is 2.96 bits per heavy atom. The number of aryl methyl sites for hydroxylation is 1. The molecule has 3 rings (SSSR count). The lowest BCUT2D eigenvalue weighted by Crippen LogP contribution is -2.48. The summed E-state index contributed by atoms with van der Waals surface area (Å²) in [6.07, 6.45) is 6.53. The number of hydrogen-bond donors (Lipinski definition) is 1. The molecule has 0 aliphatic carbocycles. The summed E-state index contributed by atoms with van der Waals surface area (Å²) in [5.74, 6) is 1.01. The van der Waals surface area contributed by atoms with Crippen LogP contribution in [0.25, 0.3) is 0 Å². The van der Waals surface area contributed by atoms with Crippen LogP contribution in [0.4, 0.5) is 0 Å². The van der Waals surface area contributed by atoms with Crippen LogP contribution in [0.5, 0.6) is 0 Å². The summed E-state index contributed by atoms with van der Waals surface area (Å²) in [5.41, 5.74) is 1.13. The van der Waals surface area contributed by atoms with Crippen molar-refractivity contribution in [2.24, 2.45) is 12.0 Å². The molecule has 1 aromatic rings. The standard InChI is InChI=1S/C17H30N6O/c1-4-18-17(19-11-15-6-5-7-21(15)2)23-8-9-24-16(13-23)14-10-20-22(3)12-14/h10,12,15-16H,4-9,11,13H2,1-3H3,(H,18,19). The Labute approximate surface area is 144 Å². The highest BCUT2D eigenvalue weighted by Crippen LogP contribution is 2.22. The monoisotopic (exact) mass is 334 g/mol. The van der Waals surface area contributed by atoms with Gasteiger partial charge in [0.1, 0.15) is 6.10 Å². The Morgan fingerprint density at radius 2 is 2.29 bits per heavy atom. The van der Waals surface area contributed by atoms with Gasteiger partial charge in [-0.3, -0.25) is 9.67 Å². The number of hydrogen-bond acceptors (Lipinski definition) is 4. The van der Waals surface area contributed by atoms with Crippen LogP contribution in [-0.2, 0) is 11.8 Å². The third-order valence-electron chi connectivity index (χ3n) is 4.92. The van der Waals surface area contributed by atoms with E-state index in [9.17, 15) is 0 Å². The second-order valence-electron chi connectivity index (χ2n) is 6.72. The van der Waals surface area contributed by atoms with E-state index < -0.39 is 0 Å². The molecular weight excluding hydrogens is 304 g/mol. The molecule has 3 heterocycles. The lowest BCUT2D eigenvalue weighted by Gasteiger charge is -2.35. The van der Waals surface area contributed by atoms with E-state index >= 15 is 0 Å². The molecule has 134 valence electrons. The van der Waals surface area contributed by atoms with Gasteiger partial charge in [0.05, 0.1) is 25.9 Å². The molecule has 0 aromatic carbocycles. The molecule has 2 aliphatic rings. The molecule has 0 spiro atoms. The molecule has 7 heteroatoms. The van der Waals surface area contributed by atoms with Crippen molar-refractivity contribution in [1.82, 2.24) is 24.9 Å². The van der Waals surface area contributed by atoms with Gasteiger partial charge < -0.3 is 19.9 Å². The minimum absolute atomic E-state index is 0.0606. The van der Waals surface area contributed by atoms with Crippen molar-refractivity contribution in [3.63, 3.8) is 0 Å². The predicted molar refractivity (Wildman–Crippen MR) is 95.1 cm³/mol. The van der Waals surface area contributed by atoms with Crippen molar-refractivity contribution >= 4 is 5.96 Å². The van der Waals surface area contributed by atoms with Gasteiger partial charge in [-0.05, 0) is 33.4 Å². The lowest BCUT2D eigenvalue weighted by atomic mass is 10.1. The van der Waals surface area contributed by atoms with E-state index in [1.165, 1.54) is 19.4 Å². The minimum Gasteiger partial charge on any atom is -0.370 e. The van der Waals surface area contributed by atoms with Crippen LogP contribution >= 0.6 is 0 Å². The van der Waals surface area contributed by atoms with Gasteiger partial charge in [-0.15, -0.1) is 0 Å². The van der Waals surface area contributed by atoms with Gasteiger partial charge in [-0.2, -0.15) is 5.10 Å². The summed E-state index contributed by atoms with van der Waals surface area (Å²) < 4.78 is 7.77. The van der Waals surface area contributed by atoms with Crippen LogP contribution in [0.1, 0.15) is 31.4 Å². The molecule has 2 unspecified atom stereocenters. The average Bonchev–Trinajstić information content (AvgIpc) is 3.20. The maximum Gasteiger partial charge on any atom is 0.194 e. The minimum atomic E-state index is 0.0606. The van der Waals surface area contributed by atoms with Crippen LogP contribution in [0.3, 0.4) is 0 Å². The Balaban J connectivity index is 1.65. The number of rotatable bonds is 4. The van der Waals surface area contributed by atoms with E-state index in [-0.39, 0.29) is 6.10 Å². The first-order chi connectivity index (χ1) is 11.7. The largest absolute Gasteiger partial charge is 0.370 e. The molecular formula is C17H30N6O. The van der Waals surface area contributed by atoms with E-state index in [0.717, 1.165) is 37.7 Å². The zero-order valence-electron chi connectivity index (χ0n) is 15.1. The van der Waals surface area contributed by atoms with Gasteiger partial charge >= 0.3 is 0 Å². The number of ether oxygens (including phenoxy) is 1. The number of morpholine rings is 1. The molecule has 0 bridgehead atoms. The number of nitrogens with one attached hydrogen (secondary N) is 1. The summed E-state index contributed by atoms with van der Waals surface area (Å²) in [6, 6.07) is 0.578. The third kappa shape index (κ3) is 4.08. The average molecular weight is 334 g/mol. The molecule has 0 radical (unpaired) electrons. The zero-order chi connectivity index (χ0) is 16.9. The van der Waals surface area contributed by atoms with Gasteiger partial charge in [0, 0.05) is 37.9 Å². The maximum atomic E-state index is 5.94. The number of likely N-dealkylation sites (tertiary alicyclic amines) is 1. The Kier molecular flexibility index (Phi) is 5.73. The molecule has 7 nitrogen and oxygen atoms in total. The highest BCUT2D eigenvalue weighted by atomic mass is 16.5. The number of likely N-dealkylation sites (N-methyl/N-ethyl adjacent to an activating group) is 1. The van der Waals surface area contributed by atoms with Gasteiger partial charge in [-0.25, -0.2) is 0 Å². The van der Waals surface area contributed by atoms with Crippen molar-refractivity contribution in [3.05, 3.63) is 18.0 Å². The van der Waals surface area contributed by atoms with E-state index in [2.05, 4.69) is 34.2 Å². The van der Waals surface area contributed by atoms with Crippen LogP contribution in [0.15, 0.2) is 17.4 Å². The number of nitrogens with zero attached hydrogens (tertiary/aromatic N) is 5. The van der Waals surface area contributed by atoms with E-state index in [1.54, 1.807) is 0 Å². The first kappa shape index (κ1) is 17.2. The summed E-state index contributed by atoms with van der Waals surface area (Å²) >= 11 is 0. The molecule has 2 fully saturated rings. The van der Waals surface area contributed by atoms with Gasteiger partial charge in [0.15, 0.2) is 5.96 Å². The molecule has 1 N–H and O–H groups in total. The topological polar surface area (TPSA) is 57.9 Å². The Bertz CT molecular complexity index is 557. The van der Waals surface area contributed by atoms with Crippen LogP contribution < -0.4 is 5.32 Å². The fourth-order valence-electron chi connectivity index (χ4n) is 3.48. The summed E-state index contributed by atoms with van der Waals surface area (Å²) in [7, 11) is 4.14. The van der Waals surface area contributed by atoms with Crippen LogP contribution in [-0.4, -0.2) is 78.0 Å². The lowest BCUT2D eigenvalue weighted by molar-refractivity contribution is -0.00806. The van der Waals surface area contributed by atoms with Crippen LogP contribution in [0.2, 0.25) is 0 Å². The number of guanidine groups is 1. The fraction of sp³-hybridized carbons (Fsp3) is 0.765. The highest BCUT2D eigenvalue weighted by molar-refractivity contribution is 5.80. The normalized spacial score (nSPS) is 26.1. The van der Waals surface area contributed by atoms with Crippen molar-refractivity contribution in [1.29, 1.82) is 0 Å². The molecule has 2 saturated heterocycles. The third-order valence-corrected chi connectivity index (χ3v) is 4.92. The SMILES string of the molecule is CCNC(=NCC1CCCN1C)N1CCOC(c2cnn(C)c2)C1. The van der Waals surface area contributed by atoms with Gasteiger partial charge in [0.2, 0.25) is 0 Å². The fourth-order valence-corrected chi connectivity index (χ4v) is 3.48. The molecule has 1 aromatic heterocycles. The zero-order valence-corrected chi connectivity index (χ0v) is 15.1. The van der Waals surface area contributed by atoms with E-state index in [4.69, 9.17) is 9.73 Å². The molecule has 24 heavy (non-hydrogen) atoms. The second kappa shape index (κ2) is 7.98. The van der Waals surface area contributed by atoms with Crippen LogP contribution in [0, 0.1) is 0 Å². The van der Waals surface area contributed by atoms with Crippen molar-refractivity contribution < 1.29 is 4.74 Å². The molecule has 0 amide bonds. The van der Waals surface area contributed by atoms with Crippen molar-refractivity contribution in [3.8, 4) is 0 Å². The second-order valence-corrected chi connectivity index (χ2v) is 6.72. The molecule has 0 saturated carbocycles. The summed E-state index contributed by atoms with van der Waals surface area (Å²) in [5, 5.41) is 7.71. The highest BCUT2D eigenvalue weighted by Gasteiger charge is 2.26. The van der Waals surface area contributed by atoms with E-state index in [0.29, 0.717) is 12.6 Å². The first-order valence-corrected chi connectivity index (χ1v) is 9.01. The van der Waals surface area contributed by atoms with Gasteiger partial charge in [-0.1, -0.05) is 0 Å². The Hall–Kier alpha value is -1.60. The Morgan fingerprint density at radius 1 is 1.42 bits per heavy atom. The van der Waals surface area contributed by atoms with E-state index in [1.807, 2.05) is 24.1 Å².